The molecule has 2 bridgehead atoms. The molecule has 3 aliphatic heterocycles. The van der Waals surface area contributed by atoms with Crippen LogP contribution in [0.25, 0.3) is 0 Å². The first-order chi connectivity index (χ1) is 4.36. The van der Waals surface area contributed by atoms with Crippen molar-refractivity contribution in [3.8, 4) is 0 Å². The van der Waals surface area contributed by atoms with Gasteiger partial charge in [-0.25, -0.2) is 0 Å². The smallest absolute Gasteiger partial charge is 0.0621 e. The molecule has 0 aromatic heterocycles. The third-order valence-corrected chi connectivity index (χ3v) is 3.87. The summed E-state index contributed by atoms with van der Waals surface area (Å²) >= 11 is 2.58. The second-order valence-corrected chi connectivity index (χ2v) is 4.59. The summed E-state index contributed by atoms with van der Waals surface area (Å²) in [6, 6.07) is 0. The van der Waals surface area contributed by atoms with Crippen molar-refractivity contribution < 1.29 is 0 Å². The summed E-state index contributed by atoms with van der Waals surface area (Å²) in [5.41, 5.74) is 0. The minimum atomic E-state index is 0.870. The number of fused-ring (bicyclic) bond motifs is 3. The van der Waals surface area contributed by atoms with Crippen LogP contribution < -0.4 is 0 Å². The predicted octanol–water partition coefficient (Wildman–Crippen LogP) is 1.86. The average molecular weight is 237 g/mol. The highest BCUT2D eigenvalue weighted by atomic mass is 127. The molecule has 0 N–H and O–H groups in total. The summed E-state index contributed by atoms with van der Waals surface area (Å²) in [6.07, 6.45) is 4.40. The van der Waals surface area contributed by atoms with Crippen LogP contribution in [-0.4, -0.2) is 22.0 Å². The van der Waals surface area contributed by atoms with Crippen molar-refractivity contribution in [1.82, 2.24) is 4.90 Å². The number of halogens is 1. The van der Waals surface area contributed by atoms with E-state index in [1.54, 1.807) is 0 Å². The summed E-state index contributed by atoms with van der Waals surface area (Å²) in [5, 5.41) is 0. The predicted molar refractivity (Wildman–Crippen MR) is 46.7 cm³/mol. The first-order valence-electron chi connectivity index (χ1n) is 3.74. The van der Waals surface area contributed by atoms with E-state index in [1.165, 1.54) is 32.4 Å². The lowest BCUT2D eigenvalue weighted by molar-refractivity contribution is 0.101. The fourth-order valence-electron chi connectivity index (χ4n) is 1.89. The number of nitrogens with zero attached hydrogens (tertiary/aromatic N) is 1. The molecular weight excluding hydrogens is 225 g/mol. The van der Waals surface area contributed by atoms with E-state index in [0.717, 1.165) is 9.97 Å². The molecule has 3 rings (SSSR count). The molecule has 3 saturated heterocycles. The Hall–Kier alpha value is 0.690. The van der Waals surface area contributed by atoms with Crippen molar-refractivity contribution >= 4 is 22.6 Å². The van der Waals surface area contributed by atoms with Crippen molar-refractivity contribution in [2.45, 2.75) is 23.3 Å². The molecule has 9 heavy (non-hydrogen) atoms. The maximum atomic E-state index is 2.61. The maximum Gasteiger partial charge on any atom is 0.0621 e. The highest BCUT2D eigenvalue weighted by Crippen LogP contribution is 2.34. The molecule has 0 aromatic rings. The van der Waals surface area contributed by atoms with E-state index in [1.807, 2.05) is 0 Å². The van der Waals surface area contributed by atoms with Gasteiger partial charge in [0.25, 0.3) is 0 Å². The van der Waals surface area contributed by atoms with Crippen LogP contribution in [0.15, 0.2) is 0 Å². The molecule has 0 aromatic carbocycles. The normalized spacial score (nSPS) is 49.7. The van der Waals surface area contributed by atoms with E-state index in [2.05, 4.69) is 27.5 Å². The average Bonchev–Trinajstić information content (AvgIpc) is 1.90. The quantitative estimate of drug-likeness (QED) is 0.353. The van der Waals surface area contributed by atoms with Gasteiger partial charge in [0.05, 0.1) is 4.05 Å². The molecule has 52 valence electrons. The molecule has 3 heterocycles. The maximum absolute atomic E-state index is 2.61. The molecule has 0 amide bonds. The molecule has 1 unspecified atom stereocenters. The third kappa shape index (κ3) is 1.11. The molecule has 3 fully saturated rings. The molecule has 3 aliphatic rings. The Kier molecular flexibility index (Phi) is 1.69. The number of alkyl halides is 1. The lowest BCUT2D eigenvalue weighted by atomic mass is 9.89. The van der Waals surface area contributed by atoms with Crippen molar-refractivity contribution in [3.05, 3.63) is 0 Å². The molecule has 0 radical (unpaired) electrons. The minimum Gasteiger partial charge on any atom is -0.292 e. The summed E-state index contributed by atoms with van der Waals surface area (Å²) in [4.78, 5) is 2.61. The van der Waals surface area contributed by atoms with Crippen LogP contribution in [-0.2, 0) is 0 Å². The van der Waals surface area contributed by atoms with Crippen LogP contribution in [0.3, 0.4) is 0 Å². The molecular formula is C7H12IN. The fraction of sp³-hybridized carbons (Fsp3) is 1.00. The largest absolute Gasteiger partial charge is 0.292 e. The van der Waals surface area contributed by atoms with E-state index in [4.69, 9.17) is 0 Å². The molecule has 0 saturated carbocycles. The Balaban J connectivity index is 2.06. The van der Waals surface area contributed by atoms with Crippen LogP contribution in [0.4, 0.5) is 0 Å². The Morgan fingerprint density at radius 1 is 1.22 bits per heavy atom. The Bertz CT molecular complexity index is 107. The van der Waals surface area contributed by atoms with Crippen molar-refractivity contribution in [1.29, 1.82) is 0 Å². The Labute approximate surface area is 69.9 Å². The number of piperidine rings is 3. The van der Waals surface area contributed by atoms with Gasteiger partial charge in [0.1, 0.15) is 0 Å². The van der Waals surface area contributed by atoms with Crippen molar-refractivity contribution in [3.63, 3.8) is 0 Å². The van der Waals surface area contributed by atoms with Gasteiger partial charge in [-0.3, -0.25) is 4.90 Å². The topological polar surface area (TPSA) is 3.24 Å². The van der Waals surface area contributed by atoms with Crippen LogP contribution in [0.2, 0.25) is 0 Å². The minimum absolute atomic E-state index is 0.870. The van der Waals surface area contributed by atoms with Gasteiger partial charge in [-0.1, -0.05) is 22.6 Å². The highest BCUT2D eigenvalue weighted by Gasteiger charge is 2.31. The van der Waals surface area contributed by atoms with Crippen LogP contribution in [0.5, 0.6) is 0 Å². The highest BCUT2D eigenvalue weighted by molar-refractivity contribution is 14.1. The summed E-state index contributed by atoms with van der Waals surface area (Å²) in [5.74, 6) is 1.08. The van der Waals surface area contributed by atoms with Gasteiger partial charge in [0.15, 0.2) is 0 Å². The van der Waals surface area contributed by atoms with Gasteiger partial charge in [0.2, 0.25) is 0 Å². The van der Waals surface area contributed by atoms with Gasteiger partial charge in [0, 0.05) is 0 Å². The Morgan fingerprint density at radius 2 is 1.89 bits per heavy atom. The van der Waals surface area contributed by atoms with Gasteiger partial charge >= 0.3 is 0 Å². The third-order valence-electron chi connectivity index (χ3n) is 2.57. The number of hydrogen-bond acceptors (Lipinski definition) is 1. The van der Waals surface area contributed by atoms with Gasteiger partial charge in [-0.2, -0.15) is 0 Å². The molecule has 0 aliphatic carbocycles. The summed E-state index contributed by atoms with van der Waals surface area (Å²) in [6.45, 7) is 2.75. The monoisotopic (exact) mass is 237 g/mol. The molecule has 1 atom stereocenters. The molecule has 2 heteroatoms. The summed E-state index contributed by atoms with van der Waals surface area (Å²) in [7, 11) is 0. The Morgan fingerprint density at radius 3 is 2.11 bits per heavy atom. The lowest BCUT2D eigenvalue weighted by Crippen LogP contribution is -2.45. The van der Waals surface area contributed by atoms with Crippen LogP contribution >= 0.6 is 22.6 Å². The zero-order valence-electron chi connectivity index (χ0n) is 5.52. The molecule has 0 spiro atoms. The van der Waals surface area contributed by atoms with E-state index in [-0.39, 0.29) is 0 Å². The SMILES string of the molecule is IC1CC2CCN1CC2. The zero-order valence-corrected chi connectivity index (χ0v) is 7.67. The standard InChI is InChI=1S/C7H12IN/c8-7-5-6-1-3-9(7)4-2-6/h6-7H,1-5H2. The van der Waals surface area contributed by atoms with Crippen molar-refractivity contribution in [2.24, 2.45) is 5.92 Å². The summed E-state index contributed by atoms with van der Waals surface area (Å²) < 4.78 is 0.870. The lowest BCUT2D eigenvalue weighted by Gasteiger charge is -2.42. The molecule has 1 nitrogen and oxygen atoms in total. The fourth-order valence-corrected chi connectivity index (χ4v) is 3.17. The van der Waals surface area contributed by atoms with Crippen LogP contribution in [0.1, 0.15) is 19.3 Å². The number of hydrogen-bond donors (Lipinski definition) is 0. The van der Waals surface area contributed by atoms with Crippen LogP contribution in [0, 0.1) is 5.92 Å². The van der Waals surface area contributed by atoms with E-state index in [0.29, 0.717) is 0 Å². The second kappa shape index (κ2) is 2.38. The van der Waals surface area contributed by atoms with Crippen molar-refractivity contribution in [2.75, 3.05) is 13.1 Å². The first-order valence-corrected chi connectivity index (χ1v) is 4.99. The zero-order chi connectivity index (χ0) is 6.27. The van der Waals surface area contributed by atoms with E-state index >= 15 is 0 Å². The van der Waals surface area contributed by atoms with Gasteiger partial charge < -0.3 is 0 Å². The first kappa shape index (κ1) is 6.40. The number of rotatable bonds is 0. The van der Waals surface area contributed by atoms with Gasteiger partial charge in [-0.05, 0) is 38.3 Å². The second-order valence-electron chi connectivity index (χ2n) is 3.15. The van der Waals surface area contributed by atoms with Gasteiger partial charge in [-0.15, -0.1) is 0 Å². The van der Waals surface area contributed by atoms with E-state index < -0.39 is 0 Å². The van der Waals surface area contributed by atoms with E-state index in [9.17, 15) is 0 Å².